The van der Waals surface area contributed by atoms with Crippen molar-refractivity contribution in [2.45, 2.75) is 46.3 Å². The third-order valence-electron chi connectivity index (χ3n) is 4.10. The number of likely N-dealkylation sites (tertiary alicyclic amines) is 1. The molecule has 0 bridgehead atoms. The highest BCUT2D eigenvalue weighted by Crippen LogP contribution is 2.16. The molecular weight excluding hydrogens is 429 g/mol. The Hall–Kier alpha value is -1.02. The highest BCUT2D eigenvalue weighted by atomic mass is 127. The molecule has 0 radical (unpaired) electrons. The van der Waals surface area contributed by atoms with E-state index in [1.807, 2.05) is 19.1 Å². The molecule has 0 spiro atoms. The van der Waals surface area contributed by atoms with Crippen LogP contribution >= 0.6 is 24.0 Å². The molecule has 1 aromatic rings. The fourth-order valence-corrected chi connectivity index (χ4v) is 2.96. The standard InChI is InChI=1S/C19H31N3O2.HI/c1-4-20-19(22-12-10-17(11-13-22)23-5-2)21-15-16-8-7-9-18(14-16)24-6-3;/h7-9,14,17H,4-6,10-13,15H2,1-3H3,(H,20,21);1H. The van der Waals surface area contributed by atoms with Gasteiger partial charge in [-0.25, -0.2) is 4.99 Å². The number of ether oxygens (including phenoxy) is 2. The van der Waals surface area contributed by atoms with Gasteiger partial charge >= 0.3 is 0 Å². The minimum Gasteiger partial charge on any atom is -0.494 e. The predicted octanol–water partition coefficient (Wildman–Crippen LogP) is 3.67. The molecule has 5 nitrogen and oxygen atoms in total. The van der Waals surface area contributed by atoms with Crippen molar-refractivity contribution in [3.63, 3.8) is 0 Å². The van der Waals surface area contributed by atoms with E-state index in [0.717, 1.165) is 50.8 Å². The van der Waals surface area contributed by atoms with Crippen LogP contribution in [0.2, 0.25) is 0 Å². The quantitative estimate of drug-likeness (QED) is 0.383. The molecule has 1 aromatic carbocycles. The number of piperidine rings is 1. The zero-order valence-corrected chi connectivity index (χ0v) is 18.0. The number of benzene rings is 1. The summed E-state index contributed by atoms with van der Waals surface area (Å²) in [5.74, 6) is 1.90. The Morgan fingerprint density at radius 2 is 1.96 bits per heavy atom. The smallest absolute Gasteiger partial charge is 0.194 e. The van der Waals surface area contributed by atoms with Gasteiger partial charge in [0.15, 0.2) is 5.96 Å². The Kier molecular flexibility index (Phi) is 10.9. The fourth-order valence-electron chi connectivity index (χ4n) is 2.96. The summed E-state index contributed by atoms with van der Waals surface area (Å²) >= 11 is 0. The fraction of sp³-hybridized carbons (Fsp3) is 0.632. The molecule has 1 saturated heterocycles. The second-order valence-corrected chi connectivity index (χ2v) is 5.89. The molecular formula is C19H32IN3O2. The number of nitrogens with one attached hydrogen (secondary N) is 1. The number of hydrogen-bond donors (Lipinski definition) is 1. The van der Waals surface area contributed by atoms with Crippen LogP contribution in [0.4, 0.5) is 0 Å². The molecule has 0 atom stereocenters. The van der Waals surface area contributed by atoms with Crippen molar-refractivity contribution in [3.05, 3.63) is 29.8 Å². The van der Waals surface area contributed by atoms with Crippen LogP contribution in [-0.2, 0) is 11.3 Å². The normalized spacial score (nSPS) is 15.6. The van der Waals surface area contributed by atoms with Gasteiger partial charge in [-0.15, -0.1) is 24.0 Å². The summed E-state index contributed by atoms with van der Waals surface area (Å²) in [4.78, 5) is 7.15. The maximum absolute atomic E-state index is 5.74. The Bertz CT molecular complexity index is 517. The van der Waals surface area contributed by atoms with Crippen LogP contribution in [-0.4, -0.2) is 49.8 Å². The van der Waals surface area contributed by atoms with Crippen molar-refractivity contribution in [1.82, 2.24) is 10.2 Å². The van der Waals surface area contributed by atoms with E-state index in [1.165, 1.54) is 5.56 Å². The molecule has 0 amide bonds. The van der Waals surface area contributed by atoms with Gasteiger partial charge in [0.2, 0.25) is 0 Å². The SMILES string of the molecule is CCNC(=NCc1cccc(OCC)c1)N1CCC(OCC)CC1.I. The second-order valence-electron chi connectivity index (χ2n) is 5.89. The van der Waals surface area contributed by atoms with Crippen molar-refractivity contribution in [1.29, 1.82) is 0 Å². The van der Waals surface area contributed by atoms with E-state index in [0.29, 0.717) is 19.3 Å². The molecule has 0 aromatic heterocycles. The molecule has 25 heavy (non-hydrogen) atoms. The van der Waals surface area contributed by atoms with E-state index in [4.69, 9.17) is 14.5 Å². The van der Waals surface area contributed by atoms with Gasteiger partial charge in [-0.1, -0.05) is 12.1 Å². The summed E-state index contributed by atoms with van der Waals surface area (Å²) < 4.78 is 11.3. The summed E-state index contributed by atoms with van der Waals surface area (Å²) in [6, 6.07) is 8.17. The van der Waals surface area contributed by atoms with Crippen LogP contribution in [0.3, 0.4) is 0 Å². The van der Waals surface area contributed by atoms with Crippen LogP contribution in [0.1, 0.15) is 39.2 Å². The number of guanidine groups is 1. The van der Waals surface area contributed by atoms with E-state index in [1.54, 1.807) is 0 Å². The predicted molar refractivity (Wildman–Crippen MR) is 114 cm³/mol. The number of aliphatic imine (C=N–C) groups is 1. The average Bonchev–Trinajstić information content (AvgIpc) is 2.60. The molecule has 1 aliphatic heterocycles. The second kappa shape index (κ2) is 12.4. The monoisotopic (exact) mass is 461 g/mol. The molecule has 1 fully saturated rings. The molecule has 142 valence electrons. The van der Waals surface area contributed by atoms with Gasteiger partial charge in [-0.05, 0) is 51.3 Å². The van der Waals surface area contributed by atoms with Crippen LogP contribution < -0.4 is 10.1 Å². The summed E-state index contributed by atoms with van der Waals surface area (Å²) in [5.41, 5.74) is 1.17. The topological polar surface area (TPSA) is 46.1 Å². The van der Waals surface area contributed by atoms with Crippen molar-refractivity contribution >= 4 is 29.9 Å². The molecule has 0 aliphatic carbocycles. The highest BCUT2D eigenvalue weighted by molar-refractivity contribution is 14.0. The van der Waals surface area contributed by atoms with E-state index >= 15 is 0 Å². The number of rotatable bonds is 7. The minimum absolute atomic E-state index is 0. The maximum Gasteiger partial charge on any atom is 0.194 e. The summed E-state index contributed by atoms with van der Waals surface area (Å²) in [6.45, 7) is 11.2. The molecule has 2 rings (SSSR count). The maximum atomic E-state index is 5.74. The molecule has 1 N–H and O–H groups in total. The number of hydrogen-bond acceptors (Lipinski definition) is 3. The lowest BCUT2D eigenvalue weighted by Crippen LogP contribution is -2.47. The minimum atomic E-state index is 0. The van der Waals surface area contributed by atoms with Crippen molar-refractivity contribution in [2.75, 3.05) is 32.8 Å². The Morgan fingerprint density at radius 1 is 1.20 bits per heavy atom. The molecule has 1 aliphatic rings. The van der Waals surface area contributed by atoms with E-state index < -0.39 is 0 Å². The van der Waals surface area contributed by atoms with Gasteiger partial charge in [0, 0.05) is 26.2 Å². The zero-order chi connectivity index (χ0) is 17.2. The molecule has 0 unspecified atom stereocenters. The van der Waals surface area contributed by atoms with Gasteiger partial charge in [0.25, 0.3) is 0 Å². The first kappa shape index (κ1) is 22.0. The van der Waals surface area contributed by atoms with Gasteiger partial charge in [0.05, 0.1) is 19.3 Å². The molecule has 0 saturated carbocycles. The highest BCUT2D eigenvalue weighted by Gasteiger charge is 2.21. The first-order valence-electron chi connectivity index (χ1n) is 9.13. The summed E-state index contributed by atoms with van der Waals surface area (Å²) in [7, 11) is 0. The zero-order valence-electron chi connectivity index (χ0n) is 15.7. The third-order valence-corrected chi connectivity index (χ3v) is 4.10. The first-order valence-corrected chi connectivity index (χ1v) is 9.13. The first-order chi connectivity index (χ1) is 11.8. The Labute approximate surface area is 169 Å². The summed E-state index contributed by atoms with van der Waals surface area (Å²) in [5, 5.41) is 3.41. The van der Waals surface area contributed by atoms with Gasteiger partial charge in [-0.2, -0.15) is 0 Å². The Balaban J connectivity index is 0.00000312. The van der Waals surface area contributed by atoms with Crippen LogP contribution in [0.5, 0.6) is 5.75 Å². The van der Waals surface area contributed by atoms with E-state index in [2.05, 4.69) is 36.2 Å². The lowest BCUT2D eigenvalue weighted by atomic mass is 10.1. The van der Waals surface area contributed by atoms with Gasteiger partial charge in [-0.3, -0.25) is 0 Å². The lowest BCUT2D eigenvalue weighted by molar-refractivity contribution is 0.0263. The number of halogens is 1. The third kappa shape index (κ3) is 7.40. The van der Waals surface area contributed by atoms with E-state index in [-0.39, 0.29) is 24.0 Å². The van der Waals surface area contributed by atoms with Crippen molar-refractivity contribution < 1.29 is 9.47 Å². The summed E-state index contributed by atoms with van der Waals surface area (Å²) in [6.07, 6.45) is 2.54. The average molecular weight is 461 g/mol. The van der Waals surface area contributed by atoms with Crippen LogP contribution in [0.25, 0.3) is 0 Å². The molecule has 6 heteroatoms. The van der Waals surface area contributed by atoms with Gasteiger partial charge < -0.3 is 19.7 Å². The van der Waals surface area contributed by atoms with Crippen molar-refractivity contribution in [3.8, 4) is 5.75 Å². The Morgan fingerprint density at radius 3 is 2.60 bits per heavy atom. The largest absolute Gasteiger partial charge is 0.494 e. The molecule has 1 heterocycles. The van der Waals surface area contributed by atoms with Gasteiger partial charge in [0.1, 0.15) is 5.75 Å². The van der Waals surface area contributed by atoms with Crippen LogP contribution in [0.15, 0.2) is 29.3 Å². The van der Waals surface area contributed by atoms with Crippen LogP contribution in [0, 0.1) is 0 Å². The van der Waals surface area contributed by atoms with E-state index in [9.17, 15) is 0 Å². The van der Waals surface area contributed by atoms with Crippen molar-refractivity contribution in [2.24, 2.45) is 4.99 Å². The number of nitrogens with zero attached hydrogens (tertiary/aromatic N) is 2. The lowest BCUT2D eigenvalue weighted by Gasteiger charge is -2.34.